The van der Waals surface area contributed by atoms with Gasteiger partial charge in [-0.05, 0) is 72.9 Å². The molecule has 2 aromatic carbocycles. The quantitative estimate of drug-likeness (QED) is 0.506. The summed E-state index contributed by atoms with van der Waals surface area (Å²) >= 11 is 0. The molecule has 4 nitrogen and oxygen atoms in total. The highest BCUT2D eigenvalue weighted by Crippen LogP contribution is 2.26. The van der Waals surface area contributed by atoms with E-state index in [1.807, 2.05) is 37.3 Å². The van der Waals surface area contributed by atoms with Gasteiger partial charge in [0, 0.05) is 11.9 Å². The predicted molar refractivity (Wildman–Crippen MR) is 117 cm³/mol. The number of fused-ring (bicyclic) bond motifs is 1. The first kappa shape index (κ1) is 20.7. The second kappa shape index (κ2) is 9.93. The van der Waals surface area contributed by atoms with Crippen LogP contribution < -0.4 is 10.6 Å². The number of rotatable bonds is 7. The summed E-state index contributed by atoms with van der Waals surface area (Å²) in [6.07, 6.45) is 7.97. The summed E-state index contributed by atoms with van der Waals surface area (Å²) in [5.41, 5.74) is 6.10. The van der Waals surface area contributed by atoms with Gasteiger partial charge in [0.05, 0.1) is 6.04 Å². The van der Waals surface area contributed by atoms with Crippen molar-refractivity contribution in [3.05, 3.63) is 76.5 Å². The predicted octanol–water partition coefficient (Wildman–Crippen LogP) is 5.21. The molecular weight excluding hydrogens is 358 g/mol. The Morgan fingerprint density at radius 1 is 1.10 bits per heavy atom. The van der Waals surface area contributed by atoms with Gasteiger partial charge in [-0.15, -0.1) is 0 Å². The summed E-state index contributed by atoms with van der Waals surface area (Å²) in [7, 11) is 0. The summed E-state index contributed by atoms with van der Waals surface area (Å²) in [5.74, 6) is -0.352. The Labute approximate surface area is 173 Å². The Kier molecular flexibility index (Phi) is 7.08. The smallest absolute Gasteiger partial charge is 0.263 e. The van der Waals surface area contributed by atoms with E-state index < -0.39 is 0 Å². The third-order valence-electron chi connectivity index (χ3n) is 5.60. The number of nitrogens with zero attached hydrogens (tertiary/aromatic N) is 1. The van der Waals surface area contributed by atoms with Crippen molar-refractivity contribution in [3.8, 4) is 6.07 Å². The lowest BCUT2D eigenvalue weighted by Gasteiger charge is -2.21. The Hall–Kier alpha value is -3.06. The van der Waals surface area contributed by atoms with E-state index >= 15 is 0 Å². The van der Waals surface area contributed by atoms with Crippen LogP contribution in [0.3, 0.4) is 0 Å². The lowest BCUT2D eigenvalue weighted by molar-refractivity contribution is -0.117. The Morgan fingerprint density at radius 3 is 2.48 bits per heavy atom. The van der Waals surface area contributed by atoms with Crippen LogP contribution in [0, 0.1) is 11.3 Å². The minimum atomic E-state index is -0.352. The number of nitriles is 1. The van der Waals surface area contributed by atoms with E-state index in [4.69, 9.17) is 0 Å². The van der Waals surface area contributed by atoms with E-state index in [0.717, 1.165) is 36.9 Å². The van der Waals surface area contributed by atoms with Crippen LogP contribution in [-0.2, 0) is 24.1 Å². The molecule has 29 heavy (non-hydrogen) atoms. The van der Waals surface area contributed by atoms with E-state index in [1.54, 1.807) is 0 Å². The van der Waals surface area contributed by atoms with E-state index in [2.05, 4.69) is 35.8 Å². The van der Waals surface area contributed by atoms with Gasteiger partial charge in [-0.2, -0.15) is 5.26 Å². The van der Waals surface area contributed by atoms with Crippen molar-refractivity contribution in [2.24, 2.45) is 0 Å². The molecule has 0 bridgehead atoms. The lowest BCUT2D eigenvalue weighted by atomic mass is 9.88. The topological polar surface area (TPSA) is 64.9 Å². The number of anilines is 1. The maximum absolute atomic E-state index is 12.7. The molecule has 2 N–H and O–H groups in total. The first-order chi connectivity index (χ1) is 14.1. The monoisotopic (exact) mass is 387 g/mol. The molecule has 0 aliphatic heterocycles. The van der Waals surface area contributed by atoms with Gasteiger partial charge in [-0.3, -0.25) is 4.79 Å². The van der Waals surface area contributed by atoms with Gasteiger partial charge < -0.3 is 10.6 Å². The zero-order valence-corrected chi connectivity index (χ0v) is 17.3. The first-order valence-corrected chi connectivity index (χ1v) is 10.5. The normalized spacial score (nSPS) is 14.4. The van der Waals surface area contributed by atoms with Crippen molar-refractivity contribution in [2.75, 3.05) is 5.32 Å². The van der Waals surface area contributed by atoms with Crippen molar-refractivity contribution >= 4 is 11.6 Å². The number of aryl methyl sites for hydroxylation is 3. The fourth-order valence-electron chi connectivity index (χ4n) is 3.77. The minimum Gasteiger partial charge on any atom is -0.360 e. The molecular formula is C25H29N3O. The molecule has 1 aliphatic rings. The molecule has 0 heterocycles. The first-order valence-electron chi connectivity index (χ1n) is 10.5. The number of carbonyl (C=O) groups excluding carboxylic acids is 1. The zero-order valence-electron chi connectivity index (χ0n) is 17.3. The van der Waals surface area contributed by atoms with Gasteiger partial charge in [0.2, 0.25) is 0 Å². The SMILES string of the molecule is CCc1ccc(N/C=C(/C#N)C(=O)NC(CC)c2ccc3c(c2)CCCC3)cc1. The summed E-state index contributed by atoms with van der Waals surface area (Å²) < 4.78 is 0. The third kappa shape index (κ3) is 5.26. The van der Waals surface area contributed by atoms with Crippen LogP contribution >= 0.6 is 0 Å². The second-order valence-electron chi connectivity index (χ2n) is 7.53. The van der Waals surface area contributed by atoms with E-state index in [0.29, 0.717) is 0 Å². The Balaban J connectivity index is 1.69. The molecule has 0 fully saturated rings. The molecule has 3 rings (SSSR count). The fourth-order valence-corrected chi connectivity index (χ4v) is 3.77. The molecule has 0 radical (unpaired) electrons. The number of carbonyl (C=O) groups is 1. The summed E-state index contributed by atoms with van der Waals surface area (Å²) in [4.78, 5) is 12.7. The highest BCUT2D eigenvalue weighted by molar-refractivity contribution is 5.97. The van der Waals surface area contributed by atoms with Crippen LogP contribution in [-0.4, -0.2) is 5.91 Å². The van der Waals surface area contributed by atoms with Crippen LogP contribution in [0.25, 0.3) is 0 Å². The molecule has 0 spiro atoms. The average Bonchev–Trinajstić information content (AvgIpc) is 2.78. The maximum atomic E-state index is 12.7. The molecule has 1 aliphatic carbocycles. The van der Waals surface area contributed by atoms with E-state index in [1.165, 1.54) is 35.7 Å². The standard InChI is InChI=1S/C25H29N3O/c1-3-18-9-13-23(14-10-18)27-17-22(16-26)25(29)28-24(4-2)21-12-11-19-7-5-6-8-20(19)15-21/h9-15,17,24,27H,3-8H2,1-2H3,(H,28,29)/b22-17-. The van der Waals surface area contributed by atoms with E-state index in [9.17, 15) is 10.1 Å². The molecule has 1 amide bonds. The van der Waals surface area contributed by atoms with Gasteiger partial charge >= 0.3 is 0 Å². The summed E-state index contributed by atoms with van der Waals surface area (Å²) in [5, 5.41) is 15.5. The van der Waals surface area contributed by atoms with Gasteiger partial charge in [0.1, 0.15) is 11.6 Å². The van der Waals surface area contributed by atoms with Crippen LogP contribution in [0.5, 0.6) is 0 Å². The fraction of sp³-hybridized carbons (Fsp3) is 0.360. The van der Waals surface area contributed by atoms with Crippen molar-refractivity contribution in [3.63, 3.8) is 0 Å². The molecule has 0 aromatic heterocycles. The Morgan fingerprint density at radius 2 is 1.83 bits per heavy atom. The third-order valence-corrected chi connectivity index (χ3v) is 5.60. The van der Waals surface area contributed by atoms with Crippen LogP contribution in [0.1, 0.15) is 61.4 Å². The molecule has 4 heteroatoms. The minimum absolute atomic E-state index is 0.0704. The number of hydrogen-bond donors (Lipinski definition) is 2. The van der Waals surface area contributed by atoms with Crippen molar-refractivity contribution in [1.82, 2.24) is 5.32 Å². The highest BCUT2D eigenvalue weighted by atomic mass is 16.1. The van der Waals surface area contributed by atoms with Crippen molar-refractivity contribution in [2.45, 2.75) is 58.4 Å². The maximum Gasteiger partial charge on any atom is 0.263 e. The summed E-state index contributed by atoms with van der Waals surface area (Å²) in [6.45, 7) is 4.15. The molecule has 0 saturated heterocycles. The average molecular weight is 388 g/mol. The van der Waals surface area contributed by atoms with E-state index in [-0.39, 0.29) is 17.5 Å². The van der Waals surface area contributed by atoms with Gasteiger partial charge in [0.25, 0.3) is 5.91 Å². The largest absolute Gasteiger partial charge is 0.360 e. The Bertz CT molecular complexity index is 922. The van der Waals surface area contributed by atoms with Crippen LogP contribution in [0.2, 0.25) is 0 Å². The second-order valence-corrected chi connectivity index (χ2v) is 7.53. The summed E-state index contributed by atoms with van der Waals surface area (Å²) in [6, 6.07) is 16.4. The molecule has 2 aromatic rings. The van der Waals surface area contributed by atoms with Crippen LogP contribution in [0.15, 0.2) is 54.2 Å². The zero-order chi connectivity index (χ0) is 20.6. The lowest BCUT2D eigenvalue weighted by Crippen LogP contribution is -2.29. The van der Waals surface area contributed by atoms with Crippen molar-refractivity contribution < 1.29 is 4.79 Å². The molecule has 1 atom stereocenters. The molecule has 1 unspecified atom stereocenters. The van der Waals surface area contributed by atoms with Gasteiger partial charge in [0.15, 0.2) is 0 Å². The number of benzene rings is 2. The van der Waals surface area contributed by atoms with Crippen molar-refractivity contribution in [1.29, 1.82) is 5.26 Å². The molecule has 0 saturated carbocycles. The van der Waals surface area contributed by atoms with Gasteiger partial charge in [-0.1, -0.05) is 44.2 Å². The number of nitrogens with one attached hydrogen (secondary N) is 2. The number of amides is 1. The molecule has 150 valence electrons. The van der Waals surface area contributed by atoms with Crippen LogP contribution in [0.4, 0.5) is 5.69 Å². The highest BCUT2D eigenvalue weighted by Gasteiger charge is 2.18. The number of hydrogen-bond acceptors (Lipinski definition) is 3. The van der Waals surface area contributed by atoms with Gasteiger partial charge in [-0.25, -0.2) is 0 Å².